The van der Waals surface area contributed by atoms with Gasteiger partial charge < -0.3 is 14.4 Å². The van der Waals surface area contributed by atoms with Crippen LogP contribution in [0.2, 0.25) is 0 Å². The fourth-order valence-electron chi connectivity index (χ4n) is 2.29. The van der Waals surface area contributed by atoms with Crippen LogP contribution in [-0.2, 0) is 6.54 Å². The second kappa shape index (κ2) is 5.80. The lowest BCUT2D eigenvalue weighted by Gasteiger charge is -2.14. The molecule has 3 heteroatoms. The first-order chi connectivity index (χ1) is 9.83. The summed E-state index contributed by atoms with van der Waals surface area (Å²) in [5.41, 5.74) is 1.13. The number of benzene rings is 2. The highest BCUT2D eigenvalue weighted by Crippen LogP contribution is 2.16. The Morgan fingerprint density at radius 2 is 1.70 bits per heavy atom. The van der Waals surface area contributed by atoms with Crippen LogP contribution in [0.25, 0.3) is 10.9 Å². The van der Waals surface area contributed by atoms with Crippen molar-refractivity contribution < 1.29 is 9.84 Å². The largest absolute Gasteiger partial charge is 0.491 e. The average molecular weight is 267 g/mol. The number of nitrogens with zero attached hydrogens (tertiary/aromatic N) is 1. The predicted octanol–water partition coefficient (Wildman–Crippen LogP) is 3.08. The molecule has 1 heterocycles. The van der Waals surface area contributed by atoms with Crippen molar-refractivity contribution in [1.29, 1.82) is 0 Å². The molecular formula is C17H17NO2. The number of ether oxygens (including phenoxy) is 1. The van der Waals surface area contributed by atoms with E-state index >= 15 is 0 Å². The Morgan fingerprint density at radius 1 is 0.950 bits per heavy atom. The third-order valence-electron chi connectivity index (χ3n) is 3.27. The number of para-hydroxylation sites is 2. The fraction of sp³-hybridized carbons (Fsp3) is 0.176. The van der Waals surface area contributed by atoms with E-state index in [2.05, 4.69) is 18.2 Å². The minimum atomic E-state index is -0.536. The highest BCUT2D eigenvalue weighted by atomic mass is 16.5. The highest BCUT2D eigenvalue weighted by Gasteiger charge is 2.08. The van der Waals surface area contributed by atoms with Gasteiger partial charge in [-0.3, -0.25) is 0 Å². The number of rotatable bonds is 5. The molecule has 0 bridgehead atoms. The highest BCUT2D eigenvalue weighted by molar-refractivity contribution is 5.79. The van der Waals surface area contributed by atoms with Crippen molar-refractivity contribution in [3.8, 4) is 5.75 Å². The van der Waals surface area contributed by atoms with E-state index in [-0.39, 0.29) is 6.61 Å². The molecule has 0 radical (unpaired) electrons. The molecule has 0 amide bonds. The lowest BCUT2D eigenvalue weighted by atomic mass is 10.2. The first kappa shape index (κ1) is 12.8. The summed E-state index contributed by atoms with van der Waals surface area (Å²) in [6, 6.07) is 19.7. The van der Waals surface area contributed by atoms with E-state index in [4.69, 9.17) is 4.74 Å². The van der Waals surface area contributed by atoms with E-state index in [0.29, 0.717) is 6.54 Å². The van der Waals surface area contributed by atoms with Gasteiger partial charge in [0, 0.05) is 11.7 Å². The van der Waals surface area contributed by atoms with Crippen LogP contribution in [0.5, 0.6) is 5.75 Å². The molecule has 1 atom stereocenters. The topological polar surface area (TPSA) is 34.4 Å². The zero-order valence-corrected chi connectivity index (χ0v) is 11.1. The summed E-state index contributed by atoms with van der Waals surface area (Å²) in [5, 5.41) is 11.3. The van der Waals surface area contributed by atoms with Crippen molar-refractivity contribution in [3.05, 3.63) is 66.9 Å². The Balaban J connectivity index is 1.63. The van der Waals surface area contributed by atoms with Gasteiger partial charge in [0.25, 0.3) is 0 Å². The van der Waals surface area contributed by atoms with E-state index < -0.39 is 6.10 Å². The Hall–Kier alpha value is -2.26. The second-order valence-corrected chi connectivity index (χ2v) is 4.80. The minimum absolute atomic E-state index is 0.288. The maximum Gasteiger partial charge on any atom is 0.119 e. The van der Waals surface area contributed by atoms with Gasteiger partial charge in [0.2, 0.25) is 0 Å². The van der Waals surface area contributed by atoms with Crippen LogP contribution in [0.15, 0.2) is 66.9 Å². The summed E-state index contributed by atoms with van der Waals surface area (Å²) in [6.45, 7) is 0.816. The average Bonchev–Trinajstić information content (AvgIpc) is 2.90. The maximum absolute atomic E-state index is 10.1. The van der Waals surface area contributed by atoms with E-state index in [1.165, 1.54) is 5.39 Å². The van der Waals surface area contributed by atoms with Crippen molar-refractivity contribution in [1.82, 2.24) is 4.57 Å². The number of aromatic nitrogens is 1. The van der Waals surface area contributed by atoms with Gasteiger partial charge in [-0.25, -0.2) is 0 Å². The third kappa shape index (κ3) is 2.83. The molecule has 0 aliphatic carbocycles. The Labute approximate surface area is 118 Å². The molecule has 0 fully saturated rings. The molecule has 0 aliphatic heterocycles. The van der Waals surface area contributed by atoms with Crippen LogP contribution in [0.4, 0.5) is 0 Å². The molecule has 2 aromatic carbocycles. The number of fused-ring (bicyclic) bond motifs is 1. The van der Waals surface area contributed by atoms with Crippen LogP contribution in [0, 0.1) is 0 Å². The second-order valence-electron chi connectivity index (χ2n) is 4.80. The molecule has 0 spiro atoms. The van der Waals surface area contributed by atoms with Gasteiger partial charge in [-0.05, 0) is 29.7 Å². The molecular weight excluding hydrogens is 250 g/mol. The molecule has 0 saturated heterocycles. The molecule has 3 nitrogen and oxygen atoms in total. The van der Waals surface area contributed by atoms with Crippen LogP contribution in [-0.4, -0.2) is 22.4 Å². The first-order valence-electron chi connectivity index (χ1n) is 6.73. The lowest BCUT2D eigenvalue weighted by molar-refractivity contribution is 0.0936. The summed E-state index contributed by atoms with van der Waals surface area (Å²) in [4.78, 5) is 0. The third-order valence-corrected chi connectivity index (χ3v) is 3.27. The maximum atomic E-state index is 10.1. The first-order valence-corrected chi connectivity index (χ1v) is 6.73. The number of aliphatic hydroxyl groups is 1. The normalized spacial score (nSPS) is 12.4. The number of hydrogen-bond acceptors (Lipinski definition) is 2. The van der Waals surface area contributed by atoms with Gasteiger partial charge in [-0.1, -0.05) is 36.4 Å². The summed E-state index contributed by atoms with van der Waals surface area (Å²) < 4.78 is 7.62. The number of aliphatic hydroxyl groups excluding tert-OH is 1. The van der Waals surface area contributed by atoms with Crippen LogP contribution < -0.4 is 4.74 Å². The quantitative estimate of drug-likeness (QED) is 0.771. The van der Waals surface area contributed by atoms with Crippen molar-refractivity contribution in [2.24, 2.45) is 0 Å². The Kier molecular flexibility index (Phi) is 3.70. The van der Waals surface area contributed by atoms with Crippen LogP contribution >= 0.6 is 0 Å². The predicted molar refractivity (Wildman–Crippen MR) is 79.9 cm³/mol. The van der Waals surface area contributed by atoms with Gasteiger partial charge in [-0.2, -0.15) is 0 Å². The standard InChI is InChI=1S/C17H17NO2/c19-15(13-20-16-7-2-1-3-8-16)12-18-11-10-14-6-4-5-9-17(14)18/h1-11,15,19H,12-13H2. The molecule has 102 valence electrons. The molecule has 20 heavy (non-hydrogen) atoms. The van der Waals surface area contributed by atoms with Gasteiger partial charge in [0.15, 0.2) is 0 Å². The van der Waals surface area contributed by atoms with E-state index in [1.54, 1.807) is 0 Å². The van der Waals surface area contributed by atoms with Crippen molar-refractivity contribution in [2.75, 3.05) is 6.61 Å². The molecule has 3 rings (SSSR count). The zero-order valence-electron chi connectivity index (χ0n) is 11.1. The molecule has 1 aromatic heterocycles. The van der Waals surface area contributed by atoms with Crippen molar-refractivity contribution >= 4 is 10.9 Å². The van der Waals surface area contributed by atoms with E-state index in [1.807, 2.05) is 53.2 Å². The van der Waals surface area contributed by atoms with Gasteiger partial charge in [-0.15, -0.1) is 0 Å². The van der Waals surface area contributed by atoms with Gasteiger partial charge in [0.05, 0.1) is 6.54 Å². The number of hydrogen-bond donors (Lipinski definition) is 1. The van der Waals surface area contributed by atoms with Crippen LogP contribution in [0.3, 0.4) is 0 Å². The Morgan fingerprint density at radius 3 is 2.55 bits per heavy atom. The Bertz CT molecular complexity index is 676. The van der Waals surface area contributed by atoms with Crippen molar-refractivity contribution in [2.45, 2.75) is 12.6 Å². The SMILES string of the molecule is OC(COc1ccccc1)Cn1ccc2ccccc21. The molecule has 1 unspecified atom stereocenters. The van der Waals surface area contributed by atoms with Gasteiger partial charge >= 0.3 is 0 Å². The van der Waals surface area contributed by atoms with Crippen LogP contribution in [0.1, 0.15) is 0 Å². The minimum Gasteiger partial charge on any atom is -0.491 e. The summed E-state index contributed by atoms with van der Waals surface area (Å²) in [5.74, 6) is 0.781. The molecule has 3 aromatic rings. The van der Waals surface area contributed by atoms with E-state index in [0.717, 1.165) is 11.3 Å². The molecule has 0 aliphatic rings. The zero-order chi connectivity index (χ0) is 13.8. The molecule has 0 saturated carbocycles. The lowest BCUT2D eigenvalue weighted by Crippen LogP contribution is -2.23. The smallest absolute Gasteiger partial charge is 0.119 e. The fourth-order valence-corrected chi connectivity index (χ4v) is 2.29. The van der Waals surface area contributed by atoms with Crippen molar-refractivity contribution in [3.63, 3.8) is 0 Å². The summed E-state index contributed by atoms with van der Waals surface area (Å²) in [7, 11) is 0. The van der Waals surface area contributed by atoms with Gasteiger partial charge in [0.1, 0.15) is 18.5 Å². The molecule has 1 N–H and O–H groups in total. The monoisotopic (exact) mass is 267 g/mol. The van der Waals surface area contributed by atoms with E-state index in [9.17, 15) is 5.11 Å². The summed E-state index contributed by atoms with van der Waals surface area (Å²) >= 11 is 0. The summed E-state index contributed by atoms with van der Waals surface area (Å²) in [6.07, 6.45) is 1.46.